The number of anilines is 1. The summed E-state index contributed by atoms with van der Waals surface area (Å²) in [5.74, 6) is 1.69. The standard InChI is InChI=1S/C22H30N4O2.HI/c1-23-22(24-16-18-8-10-21(11-9-18)28-15-14-27-2)25-19-12-13-26(17-19)20-6-4-3-5-7-20;/h3-11,19H,12-17H2,1-2H3,(H2,23,24,25);1H. The van der Waals surface area contributed by atoms with Gasteiger partial charge in [-0.25, -0.2) is 0 Å². The molecule has 0 radical (unpaired) electrons. The first-order chi connectivity index (χ1) is 13.8. The maximum absolute atomic E-state index is 5.60. The van der Waals surface area contributed by atoms with Gasteiger partial charge in [-0.2, -0.15) is 0 Å². The summed E-state index contributed by atoms with van der Waals surface area (Å²) in [5.41, 5.74) is 2.46. The largest absolute Gasteiger partial charge is 0.491 e. The molecule has 29 heavy (non-hydrogen) atoms. The van der Waals surface area contributed by atoms with E-state index in [-0.39, 0.29) is 24.0 Å². The molecule has 2 aromatic carbocycles. The number of rotatable bonds is 8. The molecule has 1 aliphatic heterocycles. The number of aliphatic imine (C=N–C) groups is 1. The summed E-state index contributed by atoms with van der Waals surface area (Å²) in [6, 6.07) is 19.0. The molecule has 0 bridgehead atoms. The first-order valence-corrected chi connectivity index (χ1v) is 9.76. The van der Waals surface area contributed by atoms with Crippen molar-refractivity contribution in [2.45, 2.75) is 19.0 Å². The fraction of sp³-hybridized carbons (Fsp3) is 0.409. The summed E-state index contributed by atoms with van der Waals surface area (Å²) in [4.78, 5) is 6.78. The maximum Gasteiger partial charge on any atom is 0.191 e. The average Bonchev–Trinajstić information content (AvgIpc) is 3.21. The Morgan fingerprint density at radius 1 is 1.10 bits per heavy atom. The Morgan fingerprint density at radius 3 is 2.55 bits per heavy atom. The summed E-state index contributed by atoms with van der Waals surface area (Å²) < 4.78 is 10.6. The van der Waals surface area contributed by atoms with Gasteiger partial charge in [-0.3, -0.25) is 4.99 Å². The van der Waals surface area contributed by atoms with E-state index >= 15 is 0 Å². The van der Waals surface area contributed by atoms with Crippen molar-refractivity contribution in [1.29, 1.82) is 0 Å². The maximum atomic E-state index is 5.60. The van der Waals surface area contributed by atoms with Gasteiger partial charge < -0.3 is 25.0 Å². The fourth-order valence-electron chi connectivity index (χ4n) is 3.27. The highest BCUT2D eigenvalue weighted by atomic mass is 127. The molecule has 0 saturated carbocycles. The molecule has 1 unspecified atom stereocenters. The van der Waals surface area contributed by atoms with Crippen LogP contribution < -0.4 is 20.3 Å². The van der Waals surface area contributed by atoms with Crippen LogP contribution in [0.2, 0.25) is 0 Å². The molecule has 6 nitrogen and oxygen atoms in total. The number of para-hydroxylation sites is 1. The van der Waals surface area contributed by atoms with E-state index in [1.807, 2.05) is 19.2 Å². The van der Waals surface area contributed by atoms with E-state index in [0.29, 0.717) is 25.8 Å². The summed E-state index contributed by atoms with van der Waals surface area (Å²) in [5, 5.41) is 6.94. The molecule has 0 spiro atoms. The van der Waals surface area contributed by atoms with Crippen molar-refractivity contribution in [3.05, 3.63) is 60.2 Å². The molecule has 0 amide bonds. The number of hydrogen-bond acceptors (Lipinski definition) is 4. The summed E-state index contributed by atoms with van der Waals surface area (Å²) in [7, 11) is 3.48. The lowest BCUT2D eigenvalue weighted by molar-refractivity contribution is 0.146. The number of guanidine groups is 1. The second-order valence-corrected chi connectivity index (χ2v) is 6.82. The van der Waals surface area contributed by atoms with Crippen LogP contribution in [0.4, 0.5) is 5.69 Å². The Balaban J connectivity index is 0.00000300. The minimum absolute atomic E-state index is 0. The lowest BCUT2D eigenvalue weighted by atomic mass is 10.2. The van der Waals surface area contributed by atoms with Crippen LogP contribution in [0.3, 0.4) is 0 Å². The highest BCUT2D eigenvalue weighted by molar-refractivity contribution is 14.0. The molecule has 2 N–H and O–H groups in total. The number of ether oxygens (including phenoxy) is 2. The predicted molar refractivity (Wildman–Crippen MR) is 130 cm³/mol. The van der Waals surface area contributed by atoms with Crippen LogP contribution in [-0.4, -0.2) is 52.5 Å². The molecule has 0 aromatic heterocycles. The molecule has 0 aliphatic carbocycles. The monoisotopic (exact) mass is 510 g/mol. The smallest absolute Gasteiger partial charge is 0.191 e. The Bertz CT molecular complexity index is 740. The van der Waals surface area contributed by atoms with Crippen molar-refractivity contribution in [3.8, 4) is 5.75 Å². The van der Waals surface area contributed by atoms with E-state index in [9.17, 15) is 0 Å². The van der Waals surface area contributed by atoms with E-state index in [4.69, 9.17) is 9.47 Å². The van der Waals surface area contributed by atoms with Gasteiger partial charge in [-0.15, -0.1) is 24.0 Å². The number of nitrogens with one attached hydrogen (secondary N) is 2. The van der Waals surface area contributed by atoms with Crippen LogP contribution in [0.5, 0.6) is 5.75 Å². The van der Waals surface area contributed by atoms with E-state index in [2.05, 4.69) is 63.0 Å². The van der Waals surface area contributed by atoms with Crippen molar-refractivity contribution in [2.24, 2.45) is 4.99 Å². The van der Waals surface area contributed by atoms with Gasteiger partial charge in [0.25, 0.3) is 0 Å². The zero-order valence-corrected chi connectivity index (χ0v) is 19.5. The van der Waals surface area contributed by atoms with Gasteiger partial charge in [0.1, 0.15) is 12.4 Å². The SMILES string of the molecule is CN=C(NCc1ccc(OCCOC)cc1)NC1CCN(c2ccccc2)C1.I. The Hall–Kier alpha value is -2.00. The Morgan fingerprint density at radius 2 is 1.86 bits per heavy atom. The number of halogens is 1. The molecule has 2 aromatic rings. The third kappa shape index (κ3) is 7.40. The van der Waals surface area contributed by atoms with E-state index in [1.165, 1.54) is 11.3 Å². The van der Waals surface area contributed by atoms with Crippen molar-refractivity contribution in [1.82, 2.24) is 10.6 Å². The van der Waals surface area contributed by atoms with Gasteiger partial charge >= 0.3 is 0 Å². The summed E-state index contributed by atoms with van der Waals surface area (Å²) in [6.07, 6.45) is 1.10. The normalized spacial score (nSPS) is 16.3. The van der Waals surface area contributed by atoms with Crippen molar-refractivity contribution < 1.29 is 9.47 Å². The summed E-state index contributed by atoms with van der Waals surface area (Å²) >= 11 is 0. The molecule has 1 aliphatic rings. The van der Waals surface area contributed by atoms with Crippen LogP contribution in [-0.2, 0) is 11.3 Å². The molecule has 1 saturated heterocycles. The molecular formula is C22H31IN4O2. The number of benzene rings is 2. The Kier molecular flexibility index (Phi) is 10.1. The minimum Gasteiger partial charge on any atom is -0.491 e. The predicted octanol–water partition coefficient (Wildman–Crippen LogP) is 3.27. The first-order valence-electron chi connectivity index (χ1n) is 9.76. The van der Waals surface area contributed by atoms with Crippen molar-refractivity contribution in [3.63, 3.8) is 0 Å². The van der Waals surface area contributed by atoms with Gasteiger partial charge in [-0.1, -0.05) is 30.3 Å². The lowest BCUT2D eigenvalue weighted by Crippen LogP contribution is -2.44. The van der Waals surface area contributed by atoms with Gasteiger partial charge in [0.15, 0.2) is 5.96 Å². The second-order valence-electron chi connectivity index (χ2n) is 6.82. The quantitative estimate of drug-likeness (QED) is 0.247. The van der Waals surface area contributed by atoms with Gasteiger partial charge in [-0.05, 0) is 36.2 Å². The topological polar surface area (TPSA) is 58.1 Å². The summed E-state index contributed by atoms with van der Waals surface area (Å²) in [6.45, 7) is 3.91. The molecule has 3 rings (SSSR count). The van der Waals surface area contributed by atoms with E-state index in [0.717, 1.165) is 31.2 Å². The van der Waals surface area contributed by atoms with Gasteiger partial charge in [0.05, 0.1) is 6.61 Å². The molecule has 1 heterocycles. The van der Waals surface area contributed by atoms with Crippen LogP contribution in [0.1, 0.15) is 12.0 Å². The third-order valence-corrected chi connectivity index (χ3v) is 4.81. The fourth-order valence-corrected chi connectivity index (χ4v) is 3.27. The van der Waals surface area contributed by atoms with Crippen LogP contribution in [0, 0.1) is 0 Å². The zero-order chi connectivity index (χ0) is 19.6. The number of methoxy groups -OCH3 is 1. The van der Waals surface area contributed by atoms with Crippen molar-refractivity contribution >= 4 is 35.6 Å². The van der Waals surface area contributed by atoms with Crippen LogP contribution in [0.15, 0.2) is 59.6 Å². The highest BCUT2D eigenvalue weighted by Crippen LogP contribution is 2.19. The Labute approximate surface area is 190 Å². The van der Waals surface area contributed by atoms with Crippen molar-refractivity contribution in [2.75, 3.05) is 45.4 Å². The van der Waals surface area contributed by atoms with Gasteiger partial charge in [0, 0.05) is 45.5 Å². The average molecular weight is 510 g/mol. The molecular weight excluding hydrogens is 479 g/mol. The highest BCUT2D eigenvalue weighted by Gasteiger charge is 2.23. The van der Waals surface area contributed by atoms with Gasteiger partial charge in [0.2, 0.25) is 0 Å². The minimum atomic E-state index is 0. The van der Waals surface area contributed by atoms with Crippen LogP contribution >= 0.6 is 24.0 Å². The first kappa shape index (κ1) is 23.3. The molecule has 1 atom stereocenters. The zero-order valence-electron chi connectivity index (χ0n) is 17.1. The third-order valence-electron chi connectivity index (χ3n) is 4.81. The van der Waals surface area contributed by atoms with E-state index < -0.39 is 0 Å². The molecule has 7 heteroatoms. The lowest BCUT2D eigenvalue weighted by Gasteiger charge is -2.20. The second kappa shape index (κ2) is 12.5. The number of hydrogen-bond donors (Lipinski definition) is 2. The molecule has 158 valence electrons. The molecule has 1 fully saturated rings. The number of nitrogens with zero attached hydrogens (tertiary/aromatic N) is 2. The van der Waals surface area contributed by atoms with E-state index in [1.54, 1.807) is 7.11 Å². The van der Waals surface area contributed by atoms with Crippen LogP contribution in [0.25, 0.3) is 0 Å².